The van der Waals surface area contributed by atoms with Crippen molar-refractivity contribution in [3.63, 3.8) is 0 Å². The lowest BCUT2D eigenvalue weighted by Gasteiger charge is -2.38. The Hall–Kier alpha value is -2.64. The topological polar surface area (TPSA) is 104 Å². The van der Waals surface area contributed by atoms with Gasteiger partial charge in [0.25, 0.3) is 5.91 Å². The van der Waals surface area contributed by atoms with Crippen molar-refractivity contribution in [2.24, 2.45) is 11.7 Å². The van der Waals surface area contributed by atoms with Crippen LogP contribution in [0.25, 0.3) is 21.7 Å². The number of fused-ring (bicyclic) bond motifs is 1. The van der Waals surface area contributed by atoms with Gasteiger partial charge in [-0.3, -0.25) is 4.79 Å². The number of nitrogens with one attached hydrogen (secondary N) is 2. The molecule has 2 atom stereocenters. The summed E-state index contributed by atoms with van der Waals surface area (Å²) < 4.78 is 0. The second-order valence-corrected chi connectivity index (χ2v) is 9.17. The lowest BCUT2D eigenvalue weighted by molar-refractivity contribution is 0.0950. The summed E-state index contributed by atoms with van der Waals surface area (Å²) in [6, 6.07) is 7.00. The molecule has 5 N–H and O–H groups in total. The molecule has 1 aliphatic rings. The van der Waals surface area contributed by atoms with Crippen LogP contribution >= 0.6 is 11.3 Å². The minimum atomic E-state index is -0.315. The highest BCUT2D eigenvalue weighted by Crippen LogP contribution is 2.35. The van der Waals surface area contributed by atoms with Crippen LogP contribution < -0.4 is 11.1 Å². The van der Waals surface area contributed by atoms with Crippen LogP contribution in [-0.4, -0.2) is 33.1 Å². The maximum atomic E-state index is 12.8. The first-order chi connectivity index (χ1) is 13.8. The zero-order valence-corrected chi connectivity index (χ0v) is 17.3. The molecule has 1 aliphatic carbocycles. The van der Waals surface area contributed by atoms with E-state index in [0.717, 1.165) is 24.1 Å². The number of benzene rings is 1. The summed E-state index contributed by atoms with van der Waals surface area (Å²) in [6.07, 6.45) is 3.47. The summed E-state index contributed by atoms with van der Waals surface area (Å²) in [7, 11) is 0. The third kappa shape index (κ3) is 4.06. The Morgan fingerprint density at radius 3 is 3.03 bits per heavy atom. The van der Waals surface area contributed by atoms with Gasteiger partial charge < -0.3 is 21.1 Å². The van der Waals surface area contributed by atoms with Crippen LogP contribution in [0.3, 0.4) is 0 Å². The van der Waals surface area contributed by atoms with Crippen molar-refractivity contribution in [3.8, 4) is 16.5 Å². The average Bonchev–Trinajstić information content (AvgIpc) is 3.30. The number of amides is 1. The molecule has 0 aliphatic heterocycles. The Bertz CT molecular complexity index is 1060. The number of nitrogens with two attached hydrogens (primary N) is 1. The average molecular weight is 411 g/mol. The molecule has 152 valence electrons. The Balaban J connectivity index is 1.50. The number of phenolic OH excluding ortho intramolecular Hbond substituents is 1. The summed E-state index contributed by atoms with van der Waals surface area (Å²) in [6.45, 7) is 6.80. The van der Waals surface area contributed by atoms with Crippen LogP contribution in [0, 0.1) is 5.92 Å². The molecular formula is C22H26N4O2S. The van der Waals surface area contributed by atoms with E-state index < -0.39 is 0 Å². The summed E-state index contributed by atoms with van der Waals surface area (Å²) in [4.78, 5) is 21.5. The van der Waals surface area contributed by atoms with Crippen molar-refractivity contribution < 1.29 is 9.90 Å². The maximum absolute atomic E-state index is 12.8. The van der Waals surface area contributed by atoms with Gasteiger partial charge in [0.1, 0.15) is 22.6 Å². The van der Waals surface area contributed by atoms with Crippen molar-refractivity contribution in [2.75, 3.05) is 6.54 Å². The predicted octanol–water partition coefficient (Wildman–Crippen LogP) is 4.19. The van der Waals surface area contributed by atoms with Crippen molar-refractivity contribution in [1.29, 1.82) is 0 Å². The van der Waals surface area contributed by atoms with Gasteiger partial charge in [0.2, 0.25) is 0 Å². The van der Waals surface area contributed by atoms with Gasteiger partial charge in [-0.15, -0.1) is 11.3 Å². The fourth-order valence-electron chi connectivity index (χ4n) is 4.40. The van der Waals surface area contributed by atoms with E-state index in [-0.39, 0.29) is 17.2 Å². The van der Waals surface area contributed by atoms with Gasteiger partial charge in [0.05, 0.1) is 10.4 Å². The van der Waals surface area contributed by atoms with Gasteiger partial charge in [-0.1, -0.05) is 25.1 Å². The van der Waals surface area contributed by atoms with Gasteiger partial charge >= 0.3 is 0 Å². The van der Waals surface area contributed by atoms with E-state index in [1.54, 1.807) is 17.4 Å². The Morgan fingerprint density at radius 2 is 2.31 bits per heavy atom. The second kappa shape index (κ2) is 7.65. The molecule has 6 nitrogen and oxygen atoms in total. The van der Waals surface area contributed by atoms with E-state index in [4.69, 9.17) is 5.73 Å². The fourth-order valence-corrected chi connectivity index (χ4v) is 5.07. The number of phenols is 1. The molecule has 0 saturated heterocycles. The number of imidazole rings is 1. The fraction of sp³-hybridized carbons (Fsp3) is 0.364. The lowest BCUT2D eigenvalue weighted by atomic mass is 9.73. The van der Waals surface area contributed by atoms with Crippen LogP contribution in [0.5, 0.6) is 5.75 Å². The van der Waals surface area contributed by atoms with Crippen LogP contribution in [0.15, 0.2) is 41.8 Å². The van der Waals surface area contributed by atoms with Crippen molar-refractivity contribution in [3.05, 3.63) is 47.4 Å². The summed E-state index contributed by atoms with van der Waals surface area (Å²) in [5.41, 5.74) is 8.81. The summed E-state index contributed by atoms with van der Waals surface area (Å²) in [5.74, 6) is 1.02. The standard InChI is InChI=1S/C22H26N4O2S/c1-13-10-14(2)12-22(23,11-13)7-8-24-21(28)15-5-6-16(27)19-18(15)25-20(26-19)17-4-3-9-29-17/h3-6,9,14,27H,1,7-8,10-12,23H2,2H3,(H,24,28)(H,25,26). The third-order valence-corrected chi connectivity index (χ3v) is 6.40. The molecule has 29 heavy (non-hydrogen) atoms. The van der Waals surface area contributed by atoms with Crippen LogP contribution in [0.4, 0.5) is 0 Å². The summed E-state index contributed by atoms with van der Waals surface area (Å²) >= 11 is 1.54. The Morgan fingerprint density at radius 1 is 1.48 bits per heavy atom. The molecule has 1 amide bonds. The van der Waals surface area contributed by atoms with Crippen LogP contribution in [0.2, 0.25) is 0 Å². The largest absolute Gasteiger partial charge is 0.506 e. The highest BCUT2D eigenvalue weighted by atomic mass is 32.1. The highest BCUT2D eigenvalue weighted by molar-refractivity contribution is 7.13. The third-order valence-electron chi connectivity index (χ3n) is 5.52. The molecule has 1 aromatic carbocycles. The predicted molar refractivity (Wildman–Crippen MR) is 117 cm³/mol. The molecule has 2 aromatic heterocycles. The van der Waals surface area contributed by atoms with E-state index in [1.807, 2.05) is 17.5 Å². The zero-order chi connectivity index (χ0) is 20.6. The first-order valence-electron chi connectivity index (χ1n) is 9.84. The highest BCUT2D eigenvalue weighted by Gasteiger charge is 2.32. The molecule has 3 aromatic rings. The number of nitrogens with zero attached hydrogens (tertiary/aromatic N) is 1. The molecule has 0 bridgehead atoms. The number of aromatic nitrogens is 2. The number of aromatic amines is 1. The smallest absolute Gasteiger partial charge is 0.253 e. The number of hydrogen-bond donors (Lipinski definition) is 4. The quantitative estimate of drug-likeness (QED) is 0.473. The van der Waals surface area contributed by atoms with E-state index in [0.29, 0.717) is 41.3 Å². The van der Waals surface area contributed by atoms with E-state index >= 15 is 0 Å². The van der Waals surface area contributed by atoms with E-state index in [9.17, 15) is 9.90 Å². The van der Waals surface area contributed by atoms with Gasteiger partial charge in [-0.25, -0.2) is 4.98 Å². The van der Waals surface area contributed by atoms with Crippen molar-refractivity contribution >= 4 is 28.3 Å². The number of H-pyrrole nitrogens is 1. The van der Waals surface area contributed by atoms with Gasteiger partial charge in [-0.05, 0) is 55.2 Å². The van der Waals surface area contributed by atoms with Gasteiger partial charge in [0, 0.05) is 12.1 Å². The van der Waals surface area contributed by atoms with Gasteiger partial charge in [0.15, 0.2) is 0 Å². The number of aromatic hydroxyl groups is 1. The Kier molecular flexibility index (Phi) is 5.19. The first kappa shape index (κ1) is 19.7. The molecule has 1 fully saturated rings. The molecule has 0 spiro atoms. The molecular weight excluding hydrogens is 384 g/mol. The van der Waals surface area contributed by atoms with Crippen molar-refractivity contribution in [1.82, 2.24) is 15.3 Å². The first-order valence-corrected chi connectivity index (χ1v) is 10.7. The second-order valence-electron chi connectivity index (χ2n) is 8.23. The molecule has 7 heteroatoms. The Labute approximate surface area is 173 Å². The zero-order valence-electron chi connectivity index (χ0n) is 16.5. The van der Waals surface area contributed by atoms with Crippen LogP contribution in [0.1, 0.15) is 43.0 Å². The molecule has 0 radical (unpaired) electrons. The van der Waals surface area contributed by atoms with E-state index in [1.165, 1.54) is 11.6 Å². The minimum Gasteiger partial charge on any atom is -0.506 e. The van der Waals surface area contributed by atoms with E-state index in [2.05, 4.69) is 28.8 Å². The number of rotatable bonds is 5. The maximum Gasteiger partial charge on any atom is 0.253 e. The molecule has 2 heterocycles. The number of carbonyl (C=O) groups is 1. The van der Waals surface area contributed by atoms with Gasteiger partial charge in [-0.2, -0.15) is 0 Å². The number of carbonyl (C=O) groups excluding carboxylic acids is 1. The lowest BCUT2D eigenvalue weighted by Crippen LogP contribution is -2.47. The SMILES string of the molecule is C=C1CC(C)CC(N)(CCNC(=O)c2ccc(O)c3[nH]c(-c4cccs4)nc23)C1. The van der Waals surface area contributed by atoms with Crippen molar-refractivity contribution in [2.45, 2.75) is 38.1 Å². The number of thiophene rings is 1. The normalized spacial score (nSPS) is 22.1. The molecule has 2 unspecified atom stereocenters. The monoisotopic (exact) mass is 410 g/mol. The minimum absolute atomic E-state index is 0.0717. The van der Waals surface area contributed by atoms with Crippen LogP contribution in [-0.2, 0) is 0 Å². The summed E-state index contributed by atoms with van der Waals surface area (Å²) in [5, 5.41) is 15.1. The molecule has 4 rings (SSSR count). The molecule has 1 saturated carbocycles. The number of hydrogen-bond acceptors (Lipinski definition) is 5.